The number of nitrogens with zero attached hydrogens (tertiary/aromatic N) is 1. The van der Waals surface area contributed by atoms with E-state index in [1.165, 1.54) is 13.2 Å². The van der Waals surface area contributed by atoms with Crippen LogP contribution in [0, 0.1) is 0 Å². The molecule has 0 amide bonds. The molecule has 0 saturated carbocycles. The third-order valence-electron chi connectivity index (χ3n) is 1.55. The summed E-state index contributed by atoms with van der Waals surface area (Å²) in [6.45, 7) is 0. The molecule has 0 aliphatic rings. The summed E-state index contributed by atoms with van der Waals surface area (Å²) in [5.41, 5.74) is 0.530. The summed E-state index contributed by atoms with van der Waals surface area (Å²) < 4.78 is 0. The summed E-state index contributed by atoms with van der Waals surface area (Å²) in [7, 11) is 1.25. The van der Waals surface area contributed by atoms with Crippen molar-refractivity contribution in [1.29, 1.82) is 0 Å². The van der Waals surface area contributed by atoms with Crippen LogP contribution in [0.2, 0.25) is 0 Å². The van der Waals surface area contributed by atoms with Crippen LogP contribution in [0.15, 0.2) is 16.8 Å². The quantitative estimate of drug-likeness (QED) is 0.275. The van der Waals surface area contributed by atoms with Crippen molar-refractivity contribution in [2.75, 3.05) is 18.6 Å². The third kappa shape index (κ3) is 5.82. The molecule has 1 N–H and O–H groups in total. The first kappa shape index (κ1) is 15.0. The van der Waals surface area contributed by atoms with Crippen molar-refractivity contribution in [3.05, 3.63) is 11.6 Å². The number of allylic oxidation sites excluding steroid dienone is 1. The van der Waals surface area contributed by atoms with Gasteiger partial charge in [-0.25, -0.2) is 0 Å². The summed E-state index contributed by atoms with van der Waals surface area (Å²) in [5, 5.41) is 11.9. The number of carboxylic acids is 1. The number of hydrogen-bond acceptors (Lipinski definition) is 6. The highest BCUT2D eigenvalue weighted by molar-refractivity contribution is 7.81. The first-order valence-electron chi connectivity index (χ1n) is 4.32. The van der Waals surface area contributed by atoms with E-state index in [-0.39, 0.29) is 5.71 Å². The van der Waals surface area contributed by atoms with Crippen molar-refractivity contribution in [2.45, 2.75) is 6.42 Å². The molecule has 16 heavy (non-hydrogen) atoms. The van der Waals surface area contributed by atoms with Crippen molar-refractivity contribution < 1.29 is 19.5 Å². The third-order valence-corrected chi connectivity index (χ3v) is 2.36. The number of carboxylic acid groups (broad SMARTS) is 1. The second-order valence-corrected chi connectivity index (χ2v) is 3.41. The molecule has 0 aliphatic heterocycles. The van der Waals surface area contributed by atoms with Crippen LogP contribution in [0.3, 0.4) is 0 Å². The smallest absolute Gasteiger partial charge is 0.309 e. The minimum Gasteiger partial charge on any atom is -0.481 e. The van der Waals surface area contributed by atoms with Crippen LogP contribution in [-0.2, 0) is 14.4 Å². The first-order valence-corrected chi connectivity index (χ1v) is 5.59. The molecule has 0 radical (unpaired) electrons. The number of aliphatic carboxylic acids is 1. The molecule has 90 valence electrons. The first-order chi connectivity index (χ1) is 7.54. The van der Waals surface area contributed by atoms with Gasteiger partial charge in [0.2, 0.25) is 5.78 Å². The monoisotopic (exact) mass is 263 g/mol. The molecule has 0 aromatic heterocycles. The van der Waals surface area contributed by atoms with Crippen molar-refractivity contribution in [2.24, 2.45) is 5.16 Å². The molecule has 0 bridgehead atoms. The Labute approximate surface area is 104 Å². The normalized spacial score (nSPS) is 10.8. The van der Waals surface area contributed by atoms with Gasteiger partial charge in [0.25, 0.3) is 0 Å². The van der Waals surface area contributed by atoms with E-state index >= 15 is 0 Å². The Morgan fingerprint density at radius 1 is 1.38 bits per heavy atom. The van der Waals surface area contributed by atoms with E-state index in [0.717, 1.165) is 0 Å². The SMILES string of the molecule is CON=C(CC(=O)O)C(=O)C=C(CS)CS. The van der Waals surface area contributed by atoms with Gasteiger partial charge in [0.1, 0.15) is 12.8 Å². The molecule has 0 fully saturated rings. The van der Waals surface area contributed by atoms with E-state index in [0.29, 0.717) is 17.1 Å². The van der Waals surface area contributed by atoms with Crippen LogP contribution >= 0.6 is 25.3 Å². The maximum Gasteiger partial charge on any atom is 0.309 e. The van der Waals surface area contributed by atoms with Gasteiger partial charge in [0.05, 0.1) is 6.42 Å². The lowest BCUT2D eigenvalue weighted by Crippen LogP contribution is -2.17. The van der Waals surface area contributed by atoms with Gasteiger partial charge in [-0.2, -0.15) is 25.3 Å². The van der Waals surface area contributed by atoms with Gasteiger partial charge in [-0.15, -0.1) is 0 Å². The van der Waals surface area contributed by atoms with Crippen molar-refractivity contribution in [3.63, 3.8) is 0 Å². The summed E-state index contributed by atoms with van der Waals surface area (Å²) in [6.07, 6.45) is 0.802. The molecule has 5 nitrogen and oxygen atoms in total. The largest absolute Gasteiger partial charge is 0.481 e. The molecule has 0 spiro atoms. The fourth-order valence-corrected chi connectivity index (χ4v) is 1.41. The van der Waals surface area contributed by atoms with Crippen LogP contribution in [0.5, 0.6) is 0 Å². The van der Waals surface area contributed by atoms with E-state index in [2.05, 4.69) is 35.3 Å². The molecular formula is C9H13NO4S2. The highest BCUT2D eigenvalue weighted by atomic mass is 32.1. The van der Waals surface area contributed by atoms with Gasteiger partial charge >= 0.3 is 5.97 Å². The van der Waals surface area contributed by atoms with Gasteiger partial charge in [-0.1, -0.05) is 5.16 Å². The highest BCUT2D eigenvalue weighted by Gasteiger charge is 2.14. The molecule has 0 atom stereocenters. The van der Waals surface area contributed by atoms with Crippen LogP contribution in [0.1, 0.15) is 6.42 Å². The topological polar surface area (TPSA) is 76.0 Å². The van der Waals surface area contributed by atoms with Crippen LogP contribution < -0.4 is 0 Å². The lowest BCUT2D eigenvalue weighted by Gasteiger charge is -2.01. The Bertz CT molecular complexity index is 319. The minimum absolute atomic E-state index is 0.156. The fourth-order valence-electron chi connectivity index (χ4n) is 0.828. The molecule has 0 aliphatic carbocycles. The van der Waals surface area contributed by atoms with Crippen molar-refractivity contribution in [1.82, 2.24) is 0 Å². The number of hydrogen-bond donors (Lipinski definition) is 3. The molecule has 7 heteroatoms. The van der Waals surface area contributed by atoms with Gasteiger partial charge in [-0.3, -0.25) is 9.59 Å². The van der Waals surface area contributed by atoms with E-state index in [1.807, 2.05) is 0 Å². The number of carbonyl (C=O) groups excluding carboxylic acids is 1. The number of rotatable bonds is 7. The molecule has 0 aromatic rings. The van der Waals surface area contributed by atoms with Gasteiger partial charge in [-0.05, 0) is 11.6 Å². The second-order valence-electron chi connectivity index (χ2n) is 2.77. The van der Waals surface area contributed by atoms with Gasteiger partial charge in [0.15, 0.2) is 0 Å². The molecule has 0 rings (SSSR count). The van der Waals surface area contributed by atoms with E-state index in [4.69, 9.17) is 5.11 Å². The van der Waals surface area contributed by atoms with E-state index in [1.54, 1.807) is 0 Å². The maximum absolute atomic E-state index is 11.6. The molecular weight excluding hydrogens is 250 g/mol. The van der Waals surface area contributed by atoms with Gasteiger partial charge < -0.3 is 9.94 Å². The average molecular weight is 263 g/mol. The predicted octanol–water partition coefficient (Wildman–Crippen LogP) is 0.819. The number of oxime groups is 1. The number of carbonyl (C=O) groups is 2. The highest BCUT2D eigenvalue weighted by Crippen LogP contribution is 2.02. The zero-order chi connectivity index (χ0) is 12.6. The zero-order valence-corrected chi connectivity index (χ0v) is 10.5. The Kier molecular flexibility index (Phi) is 7.74. The predicted molar refractivity (Wildman–Crippen MR) is 67.5 cm³/mol. The zero-order valence-electron chi connectivity index (χ0n) is 8.71. The number of thiol groups is 2. The Morgan fingerprint density at radius 3 is 2.31 bits per heavy atom. The molecule has 0 saturated heterocycles. The summed E-state index contributed by atoms with van der Waals surface area (Å²) >= 11 is 8.01. The molecule has 0 heterocycles. The minimum atomic E-state index is -1.14. The van der Waals surface area contributed by atoms with Crippen molar-refractivity contribution >= 4 is 42.7 Å². The van der Waals surface area contributed by atoms with Crippen LogP contribution in [0.4, 0.5) is 0 Å². The van der Waals surface area contributed by atoms with Crippen LogP contribution in [0.25, 0.3) is 0 Å². The second kappa shape index (κ2) is 8.23. The Balaban J connectivity index is 4.82. The van der Waals surface area contributed by atoms with Gasteiger partial charge in [0, 0.05) is 11.5 Å². The maximum atomic E-state index is 11.6. The fraction of sp³-hybridized carbons (Fsp3) is 0.444. The molecule has 0 unspecified atom stereocenters. The summed E-state index contributed by atoms with van der Waals surface area (Å²) in [4.78, 5) is 26.5. The Hall–Kier alpha value is -0.950. The standard InChI is InChI=1S/C9H13NO4S2/c1-14-10-7(3-9(12)13)8(11)2-6(4-15)5-16/h2,15-16H,3-5H2,1H3,(H,12,13). The summed E-state index contributed by atoms with van der Waals surface area (Å²) in [6, 6.07) is 0. The lowest BCUT2D eigenvalue weighted by atomic mass is 10.1. The molecule has 0 aromatic carbocycles. The summed E-state index contributed by atoms with van der Waals surface area (Å²) in [5.74, 6) is -0.885. The van der Waals surface area contributed by atoms with E-state index in [9.17, 15) is 9.59 Å². The lowest BCUT2D eigenvalue weighted by molar-refractivity contribution is -0.135. The number of ketones is 1. The van der Waals surface area contributed by atoms with Crippen LogP contribution in [-0.4, -0.2) is 41.2 Å². The average Bonchev–Trinajstić information content (AvgIpc) is 2.24. The van der Waals surface area contributed by atoms with E-state index < -0.39 is 18.2 Å². The van der Waals surface area contributed by atoms with Crippen molar-refractivity contribution in [3.8, 4) is 0 Å². The Morgan fingerprint density at radius 2 is 1.94 bits per heavy atom.